The number of aryl methyl sites for hydroxylation is 1. The van der Waals surface area contributed by atoms with Crippen LogP contribution in [0.3, 0.4) is 0 Å². The molecule has 3 nitrogen and oxygen atoms in total. The molecule has 1 aromatic carbocycles. The number of carboxylic acid groups (broad SMARTS) is 1. The van der Waals surface area contributed by atoms with Gasteiger partial charge in [-0.1, -0.05) is 18.2 Å². The van der Waals surface area contributed by atoms with E-state index in [0.717, 1.165) is 28.2 Å². The number of fused-ring (bicyclic) bond motifs is 1. The zero-order chi connectivity index (χ0) is 11.5. The van der Waals surface area contributed by atoms with Crippen molar-refractivity contribution < 1.29 is 9.90 Å². The van der Waals surface area contributed by atoms with Crippen molar-refractivity contribution in [1.29, 1.82) is 0 Å². The quantitative estimate of drug-likeness (QED) is 0.780. The van der Waals surface area contributed by atoms with Crippen molar-refractivity contribution in [3.8, 4) is 0 Å². The number of carbonyl (C=O) groups is 1. The van der Waals surface area contributed by atoms with Crippen molar-refractivity contribution in [3.05, 3.63) is 47.7 Å². The molecular formula is C13H11NO2. The lowest BCUT2D eigenvalue weighted by Crippen LogP contribution is -1.87. The summed E-state index contributed by atoms with van der Waals surface area (Å²) in [5.41, 5.74) is 2.67. The molecule has 80 valence electrons. The van der Waals surface area contributed by atoms with Crippen LogP contribution in [0, 0.1) is 6.92 Å². The third-order valence-corrected chi connectivity index (χ3v) is 2.27. The minimum absolute atomic E-state index is 0.841. The Morgan fingerprint density at radius 1 is 1.31 bits per heavy atom. The van der Waals surface area contributed by atoms with Crippen LogP contribution in [0.25, 0.3) is 17.0 Å². The number of carboxylic acids is 1. The van der Waals surface area contributed by atoms with E-state index in [1.807, 2.05) is 37.3 Å². The molecule has 0 saturated carbocycles. The van der Waals surface area contributed by atoms with Crippen LogP contribution in [0.1, 0.15) is 11.3 Å². The summed E-state index contributed by atoms with van der Waals surface area (Å²) in [6.45, 7) is 1.93. The summed E-state index contributed by atoms with van der Waals surface area (Å²) in [6, 6.07) is 9.64. The van der Waals surface area contributed by atoms with Crippen LogP contribution in [-0.4, -0.2) is 16.1 Å². The first-order valence-corrected chi connectivity index (χ1v) is 4.93. The van der Waals surface area contributed by atoms with Gasteiger partial charge < -0.3 is 5.11 Å². The smallest absolute Gasteiger partial charge is 0.328 e. The number of aromatic nitrogens is 1. The highest BCUT2D eigenvalue weighted by Gasteiger charge is 1.96. The average molecular weight is 213 g/mol. The van der Waals surface area contributed by atoms with Crippen LogP contribution < -0.4 is 0 Å². The highest BCUT2D eigenvalue weighted by Crippen LogP contribution is 2.15. The summed E-state index contributed by atoms with van der Waals surface area (Å²) in [5.74, 6) is -0.947. The molecule has 0 spiro atoms. The molecule has 1 heterocycles. The zero-order valence-corrected chi connectivity index (χ0v) is 8.84. The van der Waals surface area contributed by atoms with E-state index in [1.165, 1.54) is 0 Å². The molecule has 0 aliphatic heterocycles. The maximum atomic E-state index is 10.4. The Bertz CT molecular complexity index is 573. The van der Waals surface area contributed by atoms with Gasteiger partial charge in [-0.25, -0.2) is 4.79 Å². The fraction of sp³-hybridized carbons (Fsp3) is 0.0769. The number of hydrogen-bond donors (Lipinski definition) is 1. The van der Waals surface area contributed by atoms with E-state index in [2.05, 4.69) is 4.98 Å². The van der Waals surface area contributed by atoms with E-state index < -0.39 is 5.97 Å². The second-order valence-corrected chi connectivity index (χ2v) is 3.58. The maximum absolute atomic E-state index is 10.4. The lowest BCUT2D eigenvalue weighted by molar-refractivity contribution is -0.131. The monoisotopic (exact) mass is 213 g/mol. The molecule has 0 radical (unpaired) electrons. The molecule has 0 fully saturated rings. The third-order valence-electron chi connectivity index (χ3n) is 2.27. The Hall–Kier alpha value is -2.16. The number of pyridine rings is 1. The molecule has 0 atom stereocenters. The van der Waals surface area contributed by atoms with Crippen molar-refractivity contribution in [2.75, 3.05) is 0 Å². The zero-order valence-electron chi connectivity index (χ0n) is 8.84. The van der Waals surface area contributed by atoms with Gasteiger partial charge in [0.2, 0.25) is 0 Å². The fourth-order valence-corrected chi connectivity index (χ4v) is 1.51. The number of rotatable bonds is 2. The highest BCUT2D eigenvalue weighted by atomic mass is 16.4. The van der Waals surface area contributed by atoms with Crippen LogP contribution in [0.5, 0.6) is 0 Å². The van der Waals surface area contributed by atoms with Crippen LogP contribution in [-0.2, 0) is 4.79 Å². The molecule has 3 heteroatoms. The van der Waals surface area contributed by atoms with Crippen molar-refractivity contribution in [2.24, 2.45) is 0 Å². The topological polar surface area (TPSA) is 50.2 Å². The summed E-state index contributed by atoms with van der Waals surface area (Å²) in [6.07, 6.45) is 2.68. The molecule has 0 aliphatic carbocycles. The number of aliphatic carboxylic acids is 1. The summed E-state index contributed by atoms with van der Waals surface area (Å²) in [5, 5.41) is 9.58. The van der Waals surface area contributed by atoms with Gasteiger partial charge in [0.05, 0.1) is 5.52 Å². The second-order valence-electron chi connectivity index (χ2n) is 3.58. The largest absolute Gasteiger partial charge is 0.478 e. The van der Waals surface area contributed by atoms with E-state index in [4.69, 9.17) is 5.11 Å². The third kappa shape index (κ3) is 2.25. The number of benzene rings is 1. The van der Waals surface area contributed by atoms with Crippen molar-refractivity contribution in [2.45, 2.75) is 6.92 Å². The van der Waals surface area contributed by atoms with E-state index in [0.29, 0.717) is 0 Å². The van der Waals surface area contributed by atoms with Gasteiger partial charge in [-0.2, -0.15) is 0 Å². The van der Waals surface area contributed by atoms with E-state index in [9.17, 15) is 4.79 Å². The Balaban J connectivity index is 2.46. The molecule has 1 N–H and O–H groups in total. The van der Waals surface area contributed by atoms with Gasteiger partial charge in [0.15, 0.2) is 0 Å². The molecule has 0 aliphatic rings. The molecule has 16 heavy (non-hydrogen) atoms. The summed E-state index contributed by atoms with van der Waals surface area (Å²) < 4.78 is 0. The molecule has 0 saturated heterocycles. The van der Waals surface area contributed by atoms with E-state index in [-0.39, 0.29) is 0 Å². The first-order chi connectivity index (χ1) is 7.65. The van der Waals surface area contributed by atoms with Gasteiger partial charge in [-0.05, 0) is 30.7 Å². The normalized spacial score (nSPS) is 11.1. The predicted octanol–water partition coefficient (Wildman–Crippen LogP) is 2.64. The van der Waals surface area contributed by atoms with E-state index >= 15 is 0 Å². The van der Waals surface area contributed by atoms with Gasteiger partial charge in [0.25, 0.3) is 0 Å². The van der Waals surface area contributed by atoms with Crippen molar-refractivity contribution in [3.63, 3.8) is 0 Å². The molecule has 0 amide bonds. The first kappa shape index (κ1) is 10.4. The lowest BCUT2D eigenvalue weighted by atomic mass is 10.1. The molecule has 2 rings (SSSR count). The number of nitrogens with zero attached hydrogens (tertiary/aromatic N) is 1. The highest BCUT2D eigenvalue weighted by molar-refractivity contribution is 5.87. The van der Waals surface area contributed by atoms with Crippen molar-refractivity contribution >= 4 is 22.9 Å². The Labute approximate surface area is 93.1 Å². The fourth-order valence-electron chi connectivity index (χ4n) is 1.51. The van der Waals surface area contributed by atoms with Crippen LogP contribution >= 0.6 is 0 Å². The minimum atomic E-state index is -0.947. The minimum Gasteiger partial charge on any atom is -0.478 e. The van der Waals surface area contributed by atoms with Gasteiger partial charge in [0.1, 0.15) is 0 Å². The standard InChI is InChI=1S/C13H11NO2/c1-9-2-5-11-6-3-10(4-7-13(15)16)8-12(11)14-9/h2-8H,1H3,(H,15,16)/b7-4+. The lowest BCUT2D eigenvalue weighted by Gasteiger charge is -2.00. The second kappa shape index (κ2) is 4.14. The maximum Gasteiger partial charge on any atom is 0.328 e. The SMILES string of the molecule is Cc1ccc2ccc(/C=C/C(=O)O)cc2n1. The van der Waals surface area contributed by atoms with Crippen LogP contribution in [0.15, 0.2) is 36.4 Å². The average Bonchev–Trinajstić information content (AvgIpc) is 2.25. The van der Waals surface area contributed by atoms with Gasteiger partial charge in [-0.15, -0.1) is 0 Å². The van der Waals surface area contributed by atoms with Gasteiger partial charge >= 0.3 is 5.97 Å². The van der Waals surface area contributed by atoms with E-state index in [1.54, 1.807) is 6.08 Å². The van der Waals surface area contributed by atoms with Crippen LogP contribution in [0.2, 0.25) is 0 Å². The molecule has 0 bridgehead atoms. The first-order valence-electron chi connectivity index (χ1n) is 4.93. The van der Waals surface area contributed by atoms with Crippen molar-refractivity contribution in [1.82, 2.24) is 4.98 Å². The Morgan fingerprint density at radius 3 is 2.81 bits per heavy atom. The Morgan fingerprint density at radius 2 is 2.06 bits per heavy atom. The Kier molecular flexibility index (Phi) is 2.68. The van der Waals surface area contributed by atoms with Crippen LogP contribution in [0.4, 0.5) is 0 Å². The van der Waals surface area contributed by atoms with Gasteiger partial charge in [-0.3, -0.25) is 4.98 Å². The molecule has 1 aromatic heterocycles. The van der Waals surface area contributed by atoms with Gasteiger partial charge in [0, 0.05) is 17.2 Å². The predicted molar refractivity (Wildman–Crippen MR) is 63.1 cm³/mol. The summed E-state index contributed by atoms with van der Waals surface area (Å²) >= 11 is 0. The summed E-state index contributed by atoms with van der Waals surface area (Å²) in [7, 11) is 0. The summed E-state index contributed by atoms with van der Waals surface area (Å²) in [4.78, 5) is 14.8. The molecular weight excluding hydrogens is 202 g/mol. The molecule has 0 unspecified atom stereocenters. The molecule has 2 aromatic rings. The number of hydrogen-bond acceptors (Lipinski definition) is 2.